The van der Waals surface area contributed by atoms with Crippen molar-refractivity contribution in [2.45, 2.75) is 45.2 Å². The summed E-state index contributed by atoms with van der Waals surface area (Å²) in [6.45, 7) is 10.2. The highest BCUT2D eigenvalue weighted by molar-refractivity contribution is 5.96. The second-order valence-electron chi connectivity index (χ2n) is 10.8. The summed E-state index contributed by atoms with van der Waals surface area (Å²) in [6.07, 6.45) is 4.25. The van der Waals surface area contributed by atoms with Gasteiger partial charge in [0.15, 0.2) is 0 Å². The molecule has 5 rings (SSSR count). The average Bonchev–Trinajstić information content (AvgIpc) is 3.75. The summed E-state index contributed by atoms with van der Waals surface area (Å²) in [7, 11) is 0. The van der Waals surface area contributed by atoms with Gasteiger partial charge in [-0.05, 0) is 81.1 Å². The summed E-state index contributed by atoms with van der Waals surface area (Å²) < 4.78 is 15.0. The number of nitrogens with one attached hydrogen (secondary N) is 2. The van der Waals surface area contributed by atoms with Crippen molar-refractivity contribution in [2.75, 3.05) is 36.4 Å². The Hall–Kier alpha value is -3.78. The van der Waals surface area contributed by atoms with E-state index in [-0.39, 0.29) is 23.7 Å². The van der Waals surface area contributed by atoms with Crippen molar-refractivity contribution in [3.8, 4) is 0 Å². The highest BCUT2D eigenvalue weighted by Crippen LogP contribution is 2.47. The molecule has 0 bridgehead atoms. The molecule has 1 aliphatic carbocycles. The summed E-state index contributed by atoms with van der Waals surface area (Å²) in [4.78, 5) is 34.4. The first kappa shape index (κ1) is 26.8. The molecule has 2 amide bonds. The second-order valence-corrected chi connectivity index (χ2v) is 10.8. The van der Waals surface area contributed by atoms with E-state index >= 15 is 0 Å². The summed E-state index contributed by atoms with van der Waals surface area (Å²) in [5, 5.41) is 5.71. The normalized spacial score (nSPS) is 20.0. The smallest absolute Gasteiger partial charge is 0.251 e. The molecule has 2 aliphatic rings. The lowest BCUT2D eigenvalue weighted by Gasteiger charge is -2.38. The topological polar surface area (TPSA) is 77.6 Å². The van der Waals surface area contributed by atoms with E-state index in [1.807, 2.05) is 36.4 Å². The Morgan fingerprint density at radius 2 is 1.74 bits per heavy atom. The van der Waals surface area contributed by atoms with Crippen molar-refractivity contribution in [1.82, 2.24) is 15.2 Å². The maximum absolute atomic E-state index is 15.0. The minimum atomic E-state index is -0.538. The van der Waals surface area contributed by atoms with E-state index in [2.05, 4.69) is 39.3 Å². The zero-order valence-electron chi connectivity index (χ0n) is 22.7. The van der Waals surface area contributed by atoms with Crippen LogP contribution in [-0.2, 0) is 4.79 Å². The van der Waals surface area contributed by atoms with Gasteiger partial charge in [0, 0.05) is 73.0 Å². The van der Waals surface area contributed by atoms with Gasteiger partial charge in [0.2, 0.25) is 5.91 Å². The Morgan fingerprint density at radius 1 is 1.00 bits per heavy atom. The molecule has 1 saturated heterocycles. The van der Waals surface area contributed by atoms with Crippen LogP contribution in [0.25, 0.3) is 0 Å². The van der Waals surface area contributed by atoms with Crippen molar-refractivity contribution in [1.29, 1.82) is 0 Å². The summed E-state index contributed by atoms with van der Waals surface area (Å²) in [5.41, 5.74) is 3.44. The summed E-state index contributed by atoms with van der Waals surface area (Å²) in [5.74, 6) is -0.835. The zero-order chi connectivity index (χ0) is 27.5. The number of hydrogen-bond acceptors (Lipinski definition) is 5. The van der Waals surface area contributed by atoms with E-state index in [9.17, 15) is 14.0 Å². The molecule has 2 heterocycles. The van der Waals surface area contributed by atoms with E-state index in [0.29, 0.717) is 22.9 Å². The maximum atomic E-state index is 15.0. The number of anilines is 2. The summed E-state index contributed by atoms with van der Waals surface area (Å²) >= 11 is 0. The molecule has 0 spiro atoms. The molecule has 2 fully saturated rings. The standard InChI is InChI=1S/C31H36FN5O2/c1-20(2)36-13-15-37(16-14-36)25-9-6-22(7-10-25)30(38)34-21(3)26-11-8-24(17-29(26)32)35-31(39)28-18-27(28)23-5-4-12-33-19-23/h4-12,17,19-21,27-28H,13-16,18H2,1-3H3,(H,34,38)(H,35,39)/t21-,27+,28-/m0/s1. The predicted molar refractivity (Wildman–Crippen MR) is 151 cm³/mol. The first-order valence-corrected chi connectivity index (χ1v) is 13.7. The first-order valence-electron chi connectivity index (χ1n) is 13.7. The van der Waals surface area contributed by atoms with E-state index < -0.39 is 11.9 Å². The number of halogens is 1. The summed E-state index contributed by atoms with van der Waals surface area (Å²) in [6, 6.07) is 16.0. The first-order chi connectivity index (χ1) is 18.8. The van der Waals surface area contributed by atoms with Crippen LogP contribution in [0.2, 0.25) is 0 Å². The number of piperazine rings is 1. The lowest BCUT2D eigenvalue weighted by atomic mass is 10.1. The third kappa shape index (κ3) is 6.28. The fraction of sp³-hybridized carbons (Fsp3) is 0.387. The Kier molecular flexibility index (Phi) is 7.93. The van der Waals surface area contributed by atoms with Crippen LogP contribution < -0.4 is 15.5 Å². The molecule has 204 valence electrons. The number of rotatable bonds is 8. The lowest BCUT2D eigenvalue weighted by molar-refractivity contribution is -0.117. The quantitative estimate of drug-likeness (QED) is 0.430. The van der Waals surface area contributed by atoms with Crippen LogP contribution in [-0.4, -0.2) is 53.9 Å². The predicted octanol–water partition coefficient (Wildman–Crippen LogP) is 4.98. The SMILES string of the molecule is CC(C)N1CCN(c2ccc(C(=O)N[C@@H](C)c3ccc(NC(=O)[C@H]4C[C@@H]4c4cccnc4)cc3F)cc2)CC1. The monoisotopic (exact) mass is 529 g/mol. The minimum Gasteiger partial charge on any atom is -0.369 e. The molecular formula is C31H36FN5O2. The van der Waals surface area contributed by atoms with Gasteiger partial charge >= 0.3 is 0 Å². The van der Waals surface area contributed by atoms with E-state index in [0.717, 1.165) is 43.9 Å². The van der Waals surface area contributed by atoms with Crippen molar-refractivity contribution in [2.24, 2.45) is 5.92 Å². The molecule has 0 radical (unpaired) electrons. The lowest BCUT2D eigenvalue weighted by Crippen LogP contribution is -2.48. The van der Waals surface area contributed by atoms with Crippen molar-refractivity contribution >= 4 is 23.2 Å². The van der Waals surface area contributed by atoms with E-state index in [4.69, 9.17) is 0 Å². The highest BCUT2D eigenvalue weighted by Gasteiger charge is 2.44. The third-order valence-corrected chi connectivity index (χ3v) is 7.86. The van der Waals surface area contributed by atoms with Crippen LogP contribution in [0.5, 0.6) is 0 Å². The Balaban J connectivity index is 1.14. The number of amides is 2. The molecule has 39 heavy (non-hydrogen) atoms. The van der Waals surface area contributed by atoms with Gasteiger partial charge in [-0.25, -0.2) is 4.39 Å². The van der Waals surface area contributed by atoms with Gasteiger partial charge in [-0.15, -0.1) is 0 Å². The maximum Gasteiger partial charge on any atom is 0.251 e. The van der Waals surface area contributed by atoms with E-state index in [1.165, 1.54) is 6.07 Å². The van der Waals surface area contributed by atoms with Crippen LogP contribution >= 0.6 is 0 Å². The Morgan fingerprint density at radius 3 is 2.38 bits per heavy atom. The zero-order valence-corrected chi connectivity index (χ0v) is 22.7. The molecule has 3 atom stereocenters. The molecule has 3 aromatic rings. The molecule has 1 aromatic heterocycles. The largest absolute Gasteiger partial charge is 0.369 e. The molecule has 0 unspecified atom stereocenters. The highest BCUT2D eigenvalue weighted by atomic mass is 19.1. The number of nitrogens with zero attached hydrogens (tertiary/aromatic N) is 3. The molecular weight excluding hydrogens is 493 g/mol. The molecule has 7 nitrogen and oxygen atoms in total. The molecule has 1 saturated carbocycles. The van der Waals surface area contributed by atoms with Gasteiger partial charge in [0.25, 0.3) is 5.91 Å². The third-order valence-electron chi connectivity index (χ3n) is 7.86. The van der Waals surface area contributed by atoms with Gasteiger partial charge in [-0.2, -0.15) is 0 Å². The van der Waals surface area contributed by atoms with Crippen LogP contribution in [0.4, 0.5) is 15.8 Å². The van der Waals surface area contributed by atoms with Gasteiger partial charge in [-0.3, -0.25) is 19.5 Å². The van der Waals surface area contributed by atoms with Crippen LogP contribution in [0.3, 0.4) is 0 Å². The van der Waals surface area contributed by atoms with E-state index in [1.54, 1.807) is 31.5 Å². The van der Waals surface area contributed by atoms with Gasteiger partial charge in [0.1, 0.15) is 5.82 Å². The Bertz CT molecular complexity index is 1310. The second kappa shape index (κ2) is 11.5. The van der Waals surface area contributed by atoms with Gasteiger partial charge in [-0.1, -0.05) is 12.1 Å². The van der Waals surface area contributed by atoms with Crippen LogP contribution in [0, 0.1) is 11.7 Å². The number of benzene rings is 2. The molecule has 1 aliphatic heterocycles. The molecule has 2 N–H and O–H groups in total. The van der Waals surface area contributed by atoms with Crippen molar-refractivity contribution in [3.63, 3.8) is 0 Å². The average molecular weight is 530 g/mol. The van der Waals surface area contributed by atoms with Crippen LogP contribution in [0.15, 0.2) is 67.0 Å². The fourth-order valence-corrected chi connectivity index (χ4v) is 5.32. The number of aromatic nitrogens is 1. The number of carbonyl (C=O) groups excluding carboxylic acids is 2. The number of carbonyl (C=O) groups is 2. The van der Waals surface area contributed by atoms with Crippen molar-refractivity contribution < 1.29 is 14.0 Å². The molecule has 8 heteroatoms. The number of hydrogen-bond donors (Lipinski definition) is 2. The van der Waals surface area contributed by atoms with Crippen molar-refractivity contribution in [3.05, 3.63) is 89.5 Å². The van der Waals surface area contributed by atoms with Gasteiger partial charge < -0.3 is 15.5 Å². The van der Waals surface area contributed by atoms with Crippen LogP contribution in [0.1, 0.15) is 60.6 Å². The number of pyridine rings is 1. The molecule has 2 aromatic carbocycles. The van der Waals surface area contributed by atoms with Gasteiger partial charge in [0.05, 0.1) is 6.04 Å². The minimum absolute atomic E-state index is 0.123. The fourth-order valence-electron chi connectivity index (χ4n) is 5.32. The Labute approximate surface area is 229 Å².